The number of hydrogen-bond acceptors (Lipinski definition) is 4. The van der Waals surface area contributed by atoms with Gasteiger partial charge >= 0.3 is 0 Å². The van der Waals surface area contributed by atoms with Crippen LogP contribution < -0.4 is 10.6 Å². The van der Waals surface area contributed by atoms with Crippen LogP contribution in [0.5, 0.6) is 0 Å². The molecule has 0 amide bonds. The molecule has 2 N–H and O–H groups in total. The molecular weight excluding hydrogens is 311 g/mol. The van der Waals surface area contributed by atoms with Crippen LogP contribution in [0.3, 0.4) is 0 Å². The summed E-state index contributed by atoms with van der Waals surface area (Å²) in [6.07, 6.45) is 1.15. The number of nitrogens with zero attached hydrogens (tertiary/aromatic N) is 2. The van der Waals surface area contributed by atoms with Gasteiger partial charge in [-0.2, -0.15) is 4.98 Å². The molecule has 0 unspecified atom stereocenters. The van der Waals surface area contributed by atoms with Crippen LogP contribution in [0.4, 0.5) is 21.8 Å². The van der Waals surface area contributed by atoms with Gasteiger partial charge in [0.25, 0.3) is 0 Å². The number of rotatable bonds is 4. The summed E-state index contributed by atoms with van der Waals surface area (Å²) in [6.45, 7) is 4.58. The van der Waals surface area contributed by atoms with Crippen LogP contribution in [0, 0.1) is 12.7 Å². The molecule has 0 saturated carbocycles. The molecule has 1 heterocycles. The summed E-state index contributed by atoms with van der Waals surface area (Å²) in [5, 5.41) is 5.91. The molecular formula is C13H14BrFN4. The number of benzene rings is 1. The third-order valence-electron chi connectivity index (χ3n) is 2.45. The molecule has 0 aliphatic rings. The zero-order chi connectivity index (χ0) is 13.8. The second-order valence-corrected chi connectivity index (χ2v) is 4.88. The van der Waals surface area contributed by atoms with Gasteiger partial charge in [0.15, 0.2) is 11.6 Å². The maximum atomic E-state index is 13.7. The van der Waals surface area contributed by atoms with Gasteiger partial charge in [-0.15, -0.1) is 0 Å². The van der Waals surface area contributed by atoms with E-state index in [0.29, 0.717) is 12.5 Å². The Morgan fingerprint density at radius 2 is 2.16 bits per heavy atom. The van der Waals surface area contributed by atoms with E-state index in [1.807, 2.05) is 32.0 Å². The third kappa shape index (κ3) is 3.41. The van der Waals surface area contributed by atoms with Crippen LogP contribution in [0.15, 0.2) is 28.9 Å². The minimum atomic E-state index is -0.491. The lowest BCUT2D eigenvalue weighted by molar-refractivity contribution is 0.619. The molecule has 0 atom stereocenters. The van der Waals surface area contributed by atoms with Crippen LogP contribution in [0.25, 0.3) is 0 Å². The highest BCUT2D eigenvalue weighted by Gasteiger charge is 2.09. The molecule has 1 aromatic carbocycles. The quantitative estimate of drug-likeness (QED) is 0.896. The van der Waals surface area contributed by atoms with Gasteiger partial charge in [0.05, 0.1) is 11.9 Å². The molecule has 0 saturated heterocycles. The molecule has 0 fully saturated rings. The maximum absolute atomic E-state index is 13.7. The van der Waals surface area contributed by atoms with Crippen molar-refractivity contribution in [2.45, 2.75) is 13.8 Å². The standard InChI is InChI=1S/C13H14BrFN4/c1-3-16-13-17-7-10(15)12(19-13)18-11-6-8(2)4-5-9(11)14/h4-7H,3H2,1-2H3,(H2,16,17,18,19). The van der Waals surface area contributed by atoms with Crippen molar-refractivity contribution in [2.75, 3.05) is 17.2 Å². The Bertz CT molecular complexity index is 589. The fourth-order valence-corrected chi connectivity index (χ4v) is 1.91. The average Bonchev–Trinajstić information content (AvgIpc) is 2.38. The van der Waals surface area contributed by atoms with E-state index in [1.54, 1.807) is 0 Å². The van der Waals surface area contributed by atoms with Crippen molar-refractivity contribution in [3.05, 3.63) is 40.2 Å². The average molecular weight is 325 g/mol. The van der Waals surface area contributed by atoms with Crippen LogP contribution in [-0.4, -0.2) is 16.5 Å². The molecule has 4 nitrogen and oxygen atoms in total. The van der Waals surface area contributed by atoms with E-state index in [0.717, 1.165) is 21.9 Å². The summed E-state index contributed by atoms with van der Waals surface area (Å²) in [5.41, 5.74) is 1.84. The van der Waals surface area contributed by atoms with E-state index in [1.165, 1.54) is 0 Å². The van der Waals surface area contributed by atoms with Gasteiger partial charge < -0.3 is 10.6 Å². The van der Waals surface area contributed by atoms with Gasteiger partial charge in [-0.25, -0.2) is 9.37 Å². The van der Waals surface area contributed by atoms with Crippen molar-refractivity contribution >= 4 is 33.4 Å². The number of nitrogens with one attached hydrogen (secondary N) is 2. The summed E-state index contributed by atoms with van der Waals surface area (Å²) in [6, 6.07) is 5.79. The van der Waals surface area contributed by atoms with Crippen molar-refractivity contribution in [2.24, 2.45) is 0 Å². The van der Waals surface area contributed by atoms with Crippen molar-refractivity contribution in [1.82, 2.24) is 9.97 Å². The summed E-state index contributed by atoms with van der Waals surface area (Å²) in [7, 11) is 0. The lowest BCUT2D eigenvalue weighted by Crippen LogP contribution is -2.06. The second-order valence-electron chi connectivity index (χ2n) is 4.03. The van der Waals surface area contributed by atoms with Gasteiger partial charge in [-0.1, -0.05) is 6.07 Å². The highest BCUT2D eigenvalue weighted by atomic mass is 79.9. The summed E-state index contributed by atoms with van der Waals surface area (Å²) < 4.78 is 14.5. The van der Waals surface area contributed by atoms with Crippen molar-refractivity contribution in [1.29, 1.82) is 0 Å². The highest BCUT2D eigenvalue weighted by molar-refractivity contribution is 9.10. The first-order valence-corrected chi connectivity index (χ1v) is 6.69. The van der Waals surface area contributed by atoms with Gasteiger partial charge in [0.1, 0.15) is 0 Å². The Morgan fingerprint density at radius 3 is 2.89 bits per heavy atom. The fourth-order valence-electron chi connectivity index (χ4n) is 1.56. The SMILES string of the molecule is CCNc1ncc(F)c(Nc2cc(C)ccc2Br)n1. The molecule has 2 aromatic rings. The number of hydrogen-bond donors (Lipinski definition) is 2. The maximum Gasteiger partial charge on any atom is 0.224 e. The molecule has 1 aromatic heterocycles. The van der Waals surface area contributed by atoms with Crippen molar-refractivity contribution in [3.8, 4) is 0 Å². The Balaban J connectivity index is 2.31. The van der Waals surface area contributed by atoms with E-state index in [-0.39, 0.29) is 5.82 Å². The number of anilines is 3. The number of halogens is 2. The van der Waals surface area contributed by atoms with Crippen LogP contribution in [0.2, 0.25) is 0 Å². The molecule has 2 rings (SSSR count). The normalized spacial score (nSPS) is 10.3. The first kappa shape index (κ1) is 13.7. The summed E-state index contributed by atoms with van der Waals surface area (Å²) in [5.74, 6) is 0.0579. The first-order valence-electron chi connectivity index (χ1n) is 5.89. The monoisotopic (exact) mass is 324 g/mol. The fraction of sp³-hybridized carbons (Fsp3) is 0.231. The Kier molecular flexibility index (Phi) is 4.31. The molecule has 6 heteroatoms. The van der Waals surface area contributed by atoms with Crippen molar-refractivity contribution in [3.63, 3.8) is 0 Å². The predicted octanol–water partition coefficient (Wildman–Crippen LogP) is 3.86. The zero-order valence-corrected chi connectivity index (χ0v) is 12.3. The molecule has 0 bridgehead atoms. The lowest BCUT2D eigenvalue weighted by Gasteiger charge is -2.10. The van der Waals surface area contributed by atoms with Crippen LogP contribution >= 0.6 is 15.9 Å². The van der Waals surface area contributed by atoms with Crippen molar-refractivity contribution < 1.29 is 4.39 Å². The second kappa shape index (κ2) is 5.97. The number of aromatic nitrogens is 2. The summed E-state index contributed by atoms with van der Waals surface area (Å²) in [4.78, 5) is 7.96. The van der Waals surface area contributed by atoms with Gasteiger partial charge in [-0.05, 0) is 47.5 Å². The largest absolute Gasteiger partial charge is 0.354 e. The van der Waals surface area contributed by atoms with Gasteiger partial charge in [0, 0.05) is 11.0 Å². The Hall–Kier alpha value is -1.69. The molecule has 19 heavy (non-hydrogen) atoms. The van der Waals surface area contributed by atoms with E-state index in [2.05, 4.69) is 36.5 Å². The lowest BCUT2D eigenvalue weighted by atomic mass is 10.2. The van der Waals surface area contributed by atoms with E-state index >= 15 is 0 Å². The zero-order valence-electron chi connectivity index (χ0n) is 10.7. The highest BCUT2D eigenvalue weighted by Crippen LogP contribution is 2.27. The molecule has 100 valence electrons. The van der Waals surface area contributed by atoms with Gasteiger partial charge in [-0.3, -0.25) is 0 Å². The van der Waals surface area contributed by atoms with E-state index < -0.39 is 5.82 Å². The molecule has 0 spiro atoms. The Labute approximate surface area is 119 Å². The molecule has 0 radical (unpaired) electrons. The van der Waals surface area contributed by atoms with E-state index in [9.17, 15) is 4.39 Å². The topological polar surface area (TPSA) is 49.8 Å². The summed E-state index contributed by atoms with van der Waals surface area (Å²) >= 11 is 3.42. The minimum Gasteiger partial charge on any atom is -0.354 e. The molecule has 0 aliphatic heterocycles. The van der Waals surface area contributed by atoms with Gasteiger partial charge in [0.2, 0.25) is 5.95 Å². The first-order chi connectivity index (χ1) is 9.10. The predicted molar refractivity (Wildman–Crippen MR) is 78.3 cm³/mol. The minimum absolute atomic E-state index is 0.150. The van der Waals surface area contributed by atoms with Crippen LogP contribution in [0.1, 0.15) is 12.5 Å². The third-order valence-corrected chi connectivity index (χ3v) is 3.15. The van der Waals surface area contributed by atoms with E-state index in [4.69, 9.17) is 0 Å². The number of aryl methyl sites for hydroxylation is 1. The molecule has 0 aliphatic carbocycles. The van der Waals surface area contributed by atoms with Crippen LogP contribution in [-0.2, 0) is 0 Å². The Morgan fingerprint density at radius 1 is 1.37 bits per heavy atom. The smallest absolute Gasteiger partial charge is 0.224 e.